The third-order valence-corrected chi connectivity index (χ3v) is 8.88. The monoisotopic (exact) mass is 498 g/mol. The first-order valence-electron chi connectivity index (χ1n) is 12.0. The van der Waals surface area contributed by atoms with Gasteiger partial charge < -0.3 is 9.64 Å². The zero-order valence-electron chi connectivity index (χ0n) is 19.6. The number of benzene rings is 2. The Kier molecular flexibility index (Phi) is 6.88. The molecule has 5 rings (SSSR count). The third kappa shape index (κ3) is 4.97. The minimum absolute atomic E-state index is 0.120. The number of hydrogen-bond acceptors (Lipinski definition) is 7. The van der Waals surface area contributed by atoms with Crippen molar-refractivity contribution in [3.63, 3.8) is 0 Å². The van der Waals surface area contributed by atoms with Crippen molar-refractivity contribution in [3.05, 3.63) is 60.2 Å². The van der Waals surface area contributed by atoms with Gasteiger partial charge in [0.1, 0.15) is 0 Å². The van der Waals surface area contributed by atoms with Crippen LogP contribution in [0.15, 0.2) is 59.5 Å². The van der Waals surface area contributed by atoms with E-state index in [1.807, 2.05) is 42.5 Å². The molecule has 3 aliphatic heterocycles. The Morgan fingerprint density at radius 3 is 2.14 bits per heavy atom. The molecule has 0 spiro atoms. The van der Waals surface area contributed by atoms with Crippen LogP contribution in [0.5, 0.6) is 0 Å². The molecule has 2 aromatic rings. The summed E-state index contributed by atoms with van der Waals surface area (Å²) in [6.07, 6.45) is 0.222. The molecule has 0 aromatic heterocycles. The first-order chi connectivity index (χ1) is 16.9. The van der Waals surface area contributed by atoms with E-state index in [4.69, 9.17) is 4.74 Å². The Hall–Kier alpha value is -2.79. The van der Waals surface area contributed by atoms with Gasteiger partial charge in [-0.1, -0.05) is 30.3 Å². The standard InChI is InChI=1S/C25H30N4O5S/c30-24-18-23(25(31)29(24)19-20-4-2-1-3-5-20)27-12-10-26(11-13-27)21-6-8-22(9-7-21)35(32,33)28-14-16-34-17-15-28/h1-9,23H,10-19H2/t23-/m0/s1. The predicted octanol–water partition coefficient (Wildman–Crippen LogP) is 1.16. The molecule has 0 bridgehead atoms. The van der Waals surface area contributed by atoms with E-state index < -0.39 is 16.1 Å². The number of carbonyl (C=O) groups excluding carboxylic acids is 2. The van der Waals surface area contributed by atoms with Gasteiger partial charge in [-0.15, -0.1) is 0 Å². The number of ether oxygens (including phenoxy) is 1. The van der Waals surface area contributed by atoms with Gasteiger partial charge in [0.2, 0.25) is 21.8 Å². The van der Waals surface area contributed by atoms with E-state index in [2.05, 4.69) is 9.80 Å². The first-order valence-corrected chi connectivity index (χ1v) is 13.4. The molecule has 0 N–H and O–H groups in total. The lowest BCUT2D eigenvalue weighted by Gasteiger charge is -2.38. The van der Waals surface area contributed by atoms with Crippen molar-refractivity contribution in [2.75, 3.05) is 57.4 Å². The Balaban J connectivity index is 1.18. The van der Waals surface area contributed by atoms with Crippen LogP contribution in [0, 0.1) is 0 Å². The van der Waals surface area contributed by atoms with Crippen molar-refractivity contribution in [2.45, 2.75) is 23.9 Å². The summed E-state index contributed by atoms with van der Waals surface area (Å²) < 4.78 is 32.4. The van der Waals surface area contributed by atoms with Gasteiger partial charge in [0, 0.05) is 45.0 Å². The van der Waals surface area contributed by atoms with E-state index in [0.29, 0.717) is 59.0 Å². The molecule has 3 heterocycles. The van der Waals surface area contributed by atoms with Crippen LogP contribution in [0.4, 0.5) is 5.69 Å². The number of anilines is 1. The van der Waals surface area contributed by atoms with Crippen molar-refractivity contribution in [1.82, 2.24) is 14.1 Å². The zero-order chi connectivity index (χ0) is 24.4. The highest BCUT2D eigenvalue weighted by molar-refractivity contribution is 7.89. The molecule has 9 nitrogen and oxygen atoms in total. The van der Waals surface area contributed by atoms with E-state index in [9.17, 15) is 18.0 Å². The topological polar surface area (TPSA) is 90.5 Å². The van der Waals surface area contributed by atoms with Gasteiger partial charge in [-0.25, -0.2) is 8.42 Å². The summed E-state index contributed by atoms with van der Waals surface area (Å²) in [6, 6.07) is 16.2. The van der Waals surface area contributed by atoms with Crippen molar-refractivity contribution in [1.29, 1.82) is 0 Å². The molecule has 2 aromatic carbocycles. The van der Waals surface area contributed by atoms with Crippen LogP contribution in [0.2, 0.25) is 0 Å². The molecule has 0 saturated carbocycles. The van der Waals surface area contributed by atoms with Crippen molar-refractivity contribution in [2.24, 2.45) is 0 Å². The fourth-order valence-corrected chi connectivity index (χ4v) is 6.35. The van der Waals surface area contributed by atoms with Gasteiger partial charge in [0.15, 0.2) is 0 Å². The number of likely N-dealkylation sites (tertiary alicyclic amines) is 1. The van der Waals surface area contributed by atoms with Gasteiger partial charge in [-0.2, -0.15) is 4.31 Å². The lowest BCUT2D eigenvalue weighted by molar-refractivity contribution is -0.140. The number of morpholine rings is 1. The molecule has 186 valence electrons. The second-order valence-electron chi connectivity index (χ2n) is 9.06. The summed E-state index contributed by atoms with van der Waals surface area (Å²) >= 11 is 0. The van der Waals surface area contributed by atoms with E-state index >= 15 is 0 Å². The number of nitrogens with zero attached hydrogens (tertiary/aromatic N) is 4. The highest BCUT2D eigenvalue weighted by Gasteiger charge is 2.42. The molecule has 0 radical (unpaired) electrons. The first kappa shape index (κ1) is 23.9. The normalized spacial score (nSPS) is 22.7. The number of imide groups is 1. The van der Waals surface area contributed by atoms with Crippen LogP contribution in [0.25, 0.3) is 0 Å². The second kappa shape index (κ2) is 10.1. The molecule has 3 fully saturated rings. The highest BCUT2D eigenvalue weighted by atomic mass is 32.2. The minimum atomic E-state index is -3.52. The van der Waals surface area contributed by atoms with E-state index in [-0.39, 0.29) is 23.1 Å². The number of carbonyl (C=O) groups is 2. The van der Waals surface area contributed by atoms with Crippen LogP contribution < -0.4 is 4.90 Å². The highest BCUT2D eigenvalue weighted by Crippen LogP contribution is 2.25. The summed E-state index contributed by atoms with van der Waals surface area (Å²) in [5.74, 6) is -0.242. The number of hydrogen-bond donors (Lipinski definition) is 0. The fourth-order valence-electron chi connectivity index (χ4n) is 4.94. The minimum Gasteiger partial charge on any atom is -0.379 e. The van der Waals surface area contributed by atoms with Crippen LogP contribution >= 0.6 is 0 Å². The maximum Gasteiger partial charge on any atom is 0.247 e. The summed E-state index contributed by atoms with van der Waals surface area (Å²) in [4.78, 5) is 31.5. The lowest BCUT2D eigenvalue weighted by Crippen LogP contribution is -2.52. The summed E-state index contributed by atoms with van der Waals surface area (Å²) in [7, 11) is -3.52. The SMILES string of the molecule is O=C1C[C@H](N2CCN(c3ccc(S(=O)(=O)N4CCOCC4)cc3)CC2)C(=O)N1Cc1ccccc1. The average molecular weight is 499 g/mol. The molecule has 10 heteroatoms. The Morgan fingerprint density at radius 2 is 1.49 bits per heavy atom. The van der Waals surface area contributed by atoms with Crippen molar-refractivity contribution < 1.29 is 22.7 Å². The Bertz CT molecular complexity index is 1160. The van der Waals surface area contributed by atoms with Gasteiger partial charge >= 0.3 is 0 Å². The number of amides is 2. The van der Waals surface area contributed by atoms with Crippen molar-refractivity contribution in [3.8, 4) is 0 Å². The predicted molar refractivity (Wildman–Crippen MR) is 130 cm³/mol. The Morgan fingerprint density at radius 1 is 0.829 bits per heavy atom. The molecular weight excluding hydrogens is 468 g/mol. The molecule has 0 unspecified atom stereocenters. The number of piperazine rings is 1. The molecule has 3 saturated heterocycles. The number of rotatable bonds is 6. The van der Waals surface area contributed by atoms with Crippen LogP contribution in [0.1, 0.15) is 12.0 Å². The van der Waals surface area contributed by atoms with Gasteiger partial charge in [-0.3, -0.25) is 19.4 Å². The van der Waals surface area contributed by atoms with Gasteiger partial charge in [0.05, 0.1) is 37.1 Å². The summed E-state index contributed by atoms with van der Waals surface area (Å²) in [5, 5.41) is 0. The fraction of sp³-hybridized carbons (Fsp3) is 0.440. The Labute approximate surface area is 205 Å². The van der Waals surface area contributed by atoms with E-state index in [0.717, 1.165) is 11.3 Å². The van der Waals surface area contributed by atoms with E-state index in [1.165, 1.54) is 9.21 Å². The van der Waals surface area contributed by atoms with Crippen LogP contribution in [-0.2, 0) is 30.9 Å². The molecule has 35 heavy (non-hydrogen) atoms. The quantitative estimate of drug-likeness (QED) is 0.552. The summed E-state index contributed by atoms with van der Waals surface area (Å²) in [5.41, 5.74) is 1.89. The van der Waals surface area contributed by atoms with Gasteiger partial charge in [0.25, 0.3) is 0 Å². The zero-order valence-corrected chi connectivity index (χ0v) is 20.4. The molecular formula is C25H30N4O5S. The maximum atomic E-state index is 13.0. The third-order valence-electron chi connectivity index (χ3n) is 6.97. The smallest absolute Gasteiger partial charge is 0.247 e. The molecule has 0 aliphatic carbocycles. The van der Waals surface area contributed by atoms with Crippen molar-refractivity contribution >= 4 is 27.5 Å². The summed E-state index contributed by atoms with van der Waals surface area (Å²) in [6.45, 7) is 4.62. The van der Waals surface area contributed by atoms with Crippen LogP contribution in [-0.4, -0.2) is 92.9 Å². The average Bonchev–Trinajstić information content (AvgIpc) is 3.18. The second-order valence-corrected chi connectivity index (χ2v) is 11.0. The molecule has 2 amide bonds. The lowest BCUT2D eigenvalue weighted by atomic mass is 10.1. The van der Waals surface area contributed by atoms with Gasteiger partial charge in [-0.05, 0) is 29.8 Å². The molecule has 3 aliphatic rings. The largest absolute Gasteiger partial charge is 0.379 e. The van der Waals surface area contributed by atoms with E-state index in [1.54, 1.807) is 12.1 Å². The maximum absolute atomic E-state index is 13.0. The number of sulfonamides is 1. The van der Waals surface area contributed by atoms with Crippen LogP contribution in [0.3, 0.4) is 0 Å². The molecule has 1 atom stereocenters.